The SMILES string of the molecule is CO[C@]1(c2ccccc2)COCN1c1ccc([N+](=O)[O-])cc1C1=N[C@H](c2ccccc2)CO1. The van der Waals surface area contributed by atoms with Gasteiger partial charge in [0.05, 0.1) is 16.2 Å². The van der Waals surface area contributed by atoms with Crippen LogP contribution in [0.1, 0.15) is 22.7 Å². The van der Waals surface area contributed by atoms with Crippen LogP contribution in [-0.2, 0) is 19.9 Å². The molecular formula is C25H23N3O5. The summed E-state index contributed by atoms with van der Waals surface area (Å²) >= 11 is 0. The maximum Gasteiger partial charge on any atom is 0.270 e. The van der Waals surface area contributed by atoms with Crippen molar-refractivity contribution in [3.05, 3.63) is 106 Å². The molecule has 0 bridgehead atoms. The summed E-state index contributed by atoms with van der Waals surface area (Å²) < 4.78 is 17.8. The van der Waals surface area contributed by atoms with Gasteiger partial charge in [0.15, 0.2) is 5.72 Å². The fourth-order valence-electron chi connectivity index (χ4n) is 4.36. The first-order valence-electron chi connectivity index (χ1n) is 10.6. The molecule has 1 fully saturated rings. The molecule has 0 amide bonds. The molecule has 0 radical (unpaired) electrons. The Morgan fingerprint density at radius 2 is 1.82 bits per heavy atom. The molecule has 2 aliphatic rings. The van der Waals surface area contributed by atoms with Gasteiger partial charge in [-0.15, -0.1) is 0 Å². The van der Waals surface area contributed by atoms with Crippen LogP contribution in [-0.4, -0.2) is 37.9 Å². The van der Waals surface area contributed by atoms with E-state index in [1.54, 1.807) is 13.2 Å². The summed E-state index contributed by atoms with van der Waals surface area (Å²) in [6.45, 7) is 0.930. The van der Waals surface area contributed by atoms with Crippen LogP contribution in [0.4, 0.5) is 11.4 Å². The highest BCUT2D eigenvalue weighted by atomic mass is 16.6. The lowest BCUT2D eigenvalue weighted by Crippen LogP contribution is -2.45. The average molecular weight is 445 g/mol. The number of non-ortho nitro benzene ring substituents is 1. The Kier molecular flexibility index (Phi) is 5.53. The van der Waals surface area contributed by atoms with Crippen LogP contribution >= 0.6 is 0 Å². The van der Waals surface area contributed by atoms with Gasteiger partial charge in [-0.3, -0.25) is 10.1 Å². The summed E-state index contributed by atoms with van der Waals surface area (Å²) in [5.41, 5.74) is 2.25. The number of nitrogens with zero attached hydrogens (tertiary/aromatic N) is 3. The Morgan fingerprint density at radius 1 is 1.09 bits per heavy atom. The molecule has 33 heavy (non-hydrogen) atoms. The molecule has 0 unspecified atom stereocenters. The summed E-state index contributed by atoms with van der Waals surface area (Å²) in [5.74, 6) is 0.368. The molecule has 2 aliphatic heterocycles. The highest BCUT2D eigenvalue weighted by Gasteiger charge is 2.45. The summed E-state index contributed by atoms with van der Waals surface area (Å²) in [7, 11) is 1.63. The minimum atomic E-state index is -0.885. The van der Waals surface area contributed by atoms with E-state index in [0.717, 1.165) is 11.1 Å². The number of hydrogen-bond donors (Lipinski definition) is 0. The third-order valence-corrected chi connectivity index (χ3v) is 6.06. The van der Waals surface area contributed by atoms with Gasteiger partial charge in [0.1, 0.15) is 26.0 Å². The summed E-state index contributed by atoms with van der Waals surface area (Å²) in [6, 6.07) is 24.1. The second-order valence-corrected chi connectivity index (χ2v) is 7.89. The van der Waals surface area contributed by atoms with Gasteiger partial charge >= 0.3 is 0 Å². The second kappa shape index (κ2) is 8.65. The normalized spacial score (nSPS) is 22.2. The number of methoxy groups -OCH3 is 1. The monoisotopic (exact) mass is 445 g/mol. The van der Waals surface area contributed by atoms with E-state index in [1.165, 1.54) is 12.1 Å². The molecule has 8 heteroatoms. The number of benzene rings is 3. The maximum absolute atomic E-state index is 11.6. The van der Waals surface area contributed by atoms with E-state index in [4.69, 9.17) is 19.2 Å². The lowest BCUT2D eigenvalue weighted by molar-refractivity contribution is -0.384. The van der Waals surface area contributed by atoms with Crippen molar-refractivity contribution in [1.82, 2.24) is 0 Å². The smallest absolute Gasteiger partial charge is 0.270 e. The van der Waals surface area contributed by atoms with Crippen LogP contribution in [0.25, 0.3) is 0 Å². The first-order valence-corrected chi connectivity index (χ1v) is 10.6. The Bertz CT molecular complexity index is 1190. The fourth-order valence-corrected chi connectivity index (χ4v) is 4.36. The molecule has 3 aromatic carbocycles. The molecule has 3 aromatic rings. The van der Waals surface area contributed by atoms with Gasteiger partial charge in [0, 0.05) is 24.8 Å². The molecular weight excluding hydrogens is 422 g/mol. The fraction of sp³-hybridized carbons (Fsp3) is 0.240. The van der Waals surface area contributed by atoms with Crippen molar-refractivity contribution in [3.63, 3.8) is 0 Å². The number of anilines is 1. The van der Waals surface area contributed by atoms with Gasteiger partial charge in [-0.25, -0.2) is 4.99 Å². The predicted octanol–water partition coefficient (Wildman–Crippen LogP) is 4.41. The summed E-state index contributed by atoms with van der Waals surface area (Å²) in [6.07, 6.45) is 0. The molecule has 2 atom stereocenters. The zero-order valence-electron chi connectivity index (χ0n) is 18.1. The van der Waals surface area contributed by atoms with Crippen molar-refractivity contribution in [2.75, 3.05) is 32.0 Å². The quantitative estimate of drug-likeness (QED) is 0.413. The van der Waals surface area contributed by atoms with Crippen LogP contribution in [0.2, 0.25) is 0 Å². The van der Waals surface area contributed by atoms with Crippen LogP contribution < -0.4 is 4.90 Å². The summed E-state index contributed by atoms with van der Waals surface area (Å²) in [5, 5.41) is 11.6. The van der Waals surface area contributed by atoms with Crippen LogP contribution in [0.5, 0.6) is 0 Å². The van der Waals surface area contributed by atoms with Crippen molar-refractivity contribution in [2.24, 2.45) is 4.99 Å². The highest BCUT2D eigenvalue weighted by molar-refractivity contribution is 6.01. The number of rotatable bonds is 6. The lowest BCUT2D eigenvalue weighted by Gasteiger charge is -2.37. The molecule has 1 saturated heterocycles. The third-order valence-electron chi connectivity index (χ3n) is 6.06. The number of nitro groups is 1. The third kappa shape index (κ3) is 3.73. The Morgan fingerprint density at radius 3 is 2.52 bits per heavy atom. The van der Waals surface area contributed by atoms with Gasteiger partial charge in [0.2, 0.25) is 5.90 Å². The Labute approximate surface area is 191 Å². The number of hydrogen-bond acceptors (Lipinski definition) is 7. The van der Waals surface area contributed by atoms with E-state index in [2.05, 4.69) is 0 Å². The van der Waals surface area contributed by atoms with E-state index >= 15 is 0 Å². The van der Waals surface area contributed by atoms with Gasteiger partial charge < -0.3 is 19.1 Å². The number of ether oxygens (including phenoxy) is 3. The number of nitro benzene ring substituents is 1. The van der Waals surface area contributed by atoms with Gasteiger partial charge in [-0.1, -0.05) is 60.7 Å². The first kappa shape index (κ1) is 21.1. The zero-order valence-corrected chi connectivity index (χ0v) is 18.1. The molecule has 0 aromatic heterocycles. The molecule has 5 rings (SSSR count). The van der Waals surface area contributed by atoms with Crippen LogP contribution in [0.3, 0.4) is 0 Å². The van der Waals surface area contributed by atoms with Crippen molar-refractivity contribution < 1.29 is 19.1 Å². The lowest BCUT2D eigenvalue weighted by atomic mass is 10.00. The summed E-state index contributed by atoms with van der Waals surface area (Å²) in [4.78, 5) is 17.9. The van der Waals surface area contributed by atoms with Gasteiger partial charge in [-0.2, -0.15) is 0 Å². The second-order valence-electron chi connectivity index (χ2n) is 7.89. The highest BCUT2D eigenvalue weighted by Crippen LogP contribution is 2.41. The predicted molar refractivity (Wildman–Crippen MR) is 123 cm³/mol. The largest absolute Gasteiger partial charge is 0.475 e. The topological polar surface area (TPSA) is 86.4 Å². The van der Waals surface area contributed by atoms with Crippen molar-refractivity contribution >= 4 is 17.3 Å². The van der Waals surface area contributed by atoms with E-state index in [9.17, 15) is 10.1 Å². The van der Waals surface area contributed by atoms with E-state index in [-0.39, 0.29) is 18.5 Å². The molecule has 168 valence electrons. The Balaban J connectivity index is 1.61. The molecule has 0 saturated carbocycles. The van der Waals surface area contributed by atoms with Gasteiger partial charge in [-0.05, 0) is 11.6 Å². The zero-order chi connectivity index (χ0) is 22.8. The van der Waals surface area contributed by atoms with Gasteiger partial charge in [0.25, 0.3) is 5.69 Å². The molecule has 8 nitrogen and oxygen atoms in total. The maximum atomic E-state index is 11.6. The van der Waals surface area contributed by atoms with Crippen molar-refractivity contribution in [2.45, 2.75) is 11.8 Å². The Hall–Kier alpha value is -3.75. The van der Waals surface area contributed by atoms with E-state index < -0.39 is 10.6 Å². The molecule has 0 N–H and O–H groups in total. The number of aliphatic imine (C=N–C) groups is 1. The van der Waals surface area contributed by atoms with Crippen LogP contribution in [0.15, 0.2) is 83.9 Å². The van der Waals surface area contributed by atoms with E-state index in [1.807, 2.05) is 65.6 Å². The van der Waals surface area contributed by atoms with E-state index in [0.29, 0.717) is 30.4 Å². The first-order chi connectivity index (χ1) is 16.1. The minimum absolute atomic E-state index is 0.0361. The molecule has 0 spiro atoms. The standard InChI is InChI=1S/C25H23N3O5/c1-31-25(19-10-6-3-7-11-19)16-32-17-27(25)23-13-12-20(28(29)30)14-21(23)24-26-22(15-33-24)18-8-4-2-5-9-18/h2-14,22H,15-17H2,1H3/t22-,25-/m0/s1. The van der Waals surface area contributed by atoms with Crippen molar-refractivity contribution in [3.8, 4) is 0 Å². The minimum Gasteiger partial charge on any atom is -0.475 e. The van der Waals surface area contributed by atoms with Crippen LogP contribution in [0, 0.1) is 10.1 Å². The average Bonchev–Trinajstić information content (AvgIpc) is 3.53. The molecule has 0 aliphatic carbocycles. The van der Waals surface area contributed by atoms with Crippen molar-refractivity contribution in [1.29, 1.82) is 0 Å². The molecule has 2 heterocycles.